The second kappa shape index (κ2) is 8.08. The predicted octanol–water partition coefficient (Wildman–Crippen LogP) is 2.39. The van der Waals surface area contributed by atoms with Crippen molar-refractivity contribution in [2.45, 2.75) is 63.5 Å². The Labute approximate surface area is 155 Å². The largest absolute Gasteiger partial charge is 0.371 e. The summed E-state index contributed by atoms with van der Waals surface area (Å²) in [4.78, 5) is 27.3. The van der Waals surface area contributed by atoms with Gasteiger partial charge in [-0.2, -0.15) is 0 Å². The third-order valence-corrected chi connectivity index (χ3v) is 5.52. The summed E-state index contributed by atoms with van der Waals surface area (Å²) in [5.74, 6) is -0.443. The Hall–Kier alpha value is -2.08. The molecular weight excluding hydrogens is 328 g/mol. The first-order valence-electron chi connectivity index (χ1n) is 9.74. The van der Waals surface area contributed by atoms with Crippen LogP contribution in [-0.2, 0) is 9.59 Å². The van der Waals surface area contributed by atoms with Crippen molar-refractivity contribution in [2.24, 2.45) is 5.73 Å². The van der Waals surface area contributed by atoms with Gasteiger partial charge in [0.05, 0.1) is 5.54 Å². The van der Waals surface area contributed by atoms with Gasteiger partial charge in [0.1, 0.15) is 6.04 Å². The number of hydrogen-bond acceptors (Lipinski definition) is 4. The molecule has 1 aromatic carbocycles. The Morgan fingerprint density at radius 1 is 1.12 bits per heavy atom. The summed E-state index contributed by atoms with van der Waals surface area (Å²) in [7, 11) is 0. The molecule has 2 aliphatic rings. The highest BCUT2D eigenvalue weighted by Crippen LogP contribution is 2.26. The molecule has 6 heteroatoms. The van der Waals surface area contributed by atoms with Crippen molar-refractivity contribution in [2.75, 3.05) is 23.3 Å². The number of anilines is 2. The maximum Gasteiger partial charge on any atom is 0.246 e. The van der Waals surface area contributed by atoms with E-state index in [4.69, 9.17) is 5.73 Å². The minimum atomic E-state index is -0.831. The van der Waals surface area contributed by atoms with Gasteiger partial charge in [-0.05, 0) is 50.8 Å². The van der Waals surface area contributed by atoms with Crippen LogP contribution in [0.2, 0.25) is 0 Å². The lowest BCUT2D eigenvalue weighted by Crippen LogP contribution is -2.58. The summed E-state index contributed by atoms with van der Waals surface area (Å²) >= 11 is 0. The highest BCUT2D eigenvalue weighted by Gasteiger charge is 2.36. The second-order valence-corrected chi connectivity index (χ2v) is 7.65. The summed E-state index contributed by atoms with van der Waals surface area (Å²) in [6.45, 7) is 3.81. The number of benzene rings is 1. The van der Waals surface area contributed by atoms with Gasteiger partial charge in [0.25, 0.3) is 0 Å². The van der Waals surface area contributed by atoms with Crippen molar-refractivity contribution in [1.82, 2.24) is 5.32 Å². The van der Waals surface area contributed by atoms with Crippen molar-refractivity contribution in [3.05, 3.63) is 24.3 Å². The fourth-order valence-electron chi connectivity index (χ4n) is 3.82. The monoisotopic (exact) mass is 358 g/mol. The fourth-order valence-corrected chi connectivity index (χ4v) is 3.82. The smallest absolute Gasteiger partial charge is 0.246 e. The van der Waals surface area contributed by atoms with Crippen LogP contribution in [0.4, 0.5) is 11.4 Å². The van der Waals surface area contributed by atoms with Gasteiger partial charge < -0.3 is 21.3 Å². The zero-order valence-electron chi connectivity index (χ0n) is 15.6. The Bertz CT molecular complexity index is 649. The predicted molar refractivity (Wildman–Crippen MR) is 104 cm³/mol. The Morgan fingerprint density at radius 3 is 2.50 bits per heavy atom. The Kier molecular flexibility index (Phi) is 5.81. The molecule has 1 saturated carbocycles. The van der Waals surface area contributed by atoms with E-state index < -0.39 is 11.6 Å². The van der Waals surface area contributed by atoms with Gasteiger partial charge in [-0.1, -0.05) is 25.3 Å². The molecule has 0 aromatic heterocycles. The van der Waals surface area contributed by atoms with E-state index in [1.165, 1.54) is 12.8 Å². The first-order chi connectivity index (χ1) is 12.5. The number of carbonyl (C=O) groups excluding carboxylic acids is 2. The van der Waals surface area contributed by atoms with Crippen LogP contribution in [0.5, 0.6) is 0 Å². The standard InChI is InChI=1S/C20H30N4O2/c1-15(22-19(26)20(21)10-3-2-4-11-20)18(25)23-16-8-7-9-17(14-16)24-12-5-6-13-24/h7-9,14-15H,2-6,10-13,21H2,1H3,(H,22,26)(H,23,25). The minimum absolute atomic E-state index is 0.217. The lowest BCUT2D eigenvalue weighted by atomic mass is 9.82. The van der Waals surface area contributed by atoms with E-state index in [9.17, 15) is 9.59 Å². The lowest BCUT2D eigenvalue weighted by Gasteiger charge is -2.32. The summed E-state index contributed by atoms with van der Waals surface area (Å²) in [5, 5.41) is 5.70. The SMILES string of the molecule is CC(NC(=O)C1(N)CCCCC1)C(=O)Nc1cccc(N2CCCC2)c1. The van der Waals surface area contributed by atoms with E-state index in [1.807, 2.05) is 18.2 Å². The third kappa shape index (κ3) is 4.36. The second-order valence-electron chi connectivity index (χ2n) is 7.65. The maximum atomic E-state index is 12.5. The van der Waals surface area contributed by atoms with Crippen molar-refractivity contribution in [3.8, 4) is 0 Å². The molecule has 2 amide bonds. The first-order valence-corrected chi connectivity index (χ1v) is 9.74. The molecule has 0 spiro atoms. The van der Waals surface area contributed by atoms with Crippen LogP contribution in [0.25, 0.3) is 0 Å². The molecule has 2 fully saturated rings. The van der Waals surface area contributed by atoms with E-state index in [0.29, 0.717) is 12.8 Å². The van der Waals surface area contributed by atoms with Crippen LogP contribution in [0.1, 0.15) is 51.9 Å². The molecule has 1 aliphatic heterocycles. The van der Waals surface area contributed by atoms with Crippen LogP contribution < -0.4 is 21.3 Å². The van der Waals surface area contributed by atoms with E-state index >= 15 is 0 Å². The molecule has 1 atom stereocenters. The van der Waals surface area contributed by atoms with E-state index in [-0.39, 0.29) is 11.8 Å². The number of nitrogens with one attached hydrogen (secondary N) is 2. The van der Waals surface area contributed by atoms with Gasteiger partial charge in [-0.15, -0.1) is 0 Å². The highest BCUT2D eigenvalue weighted by atomic mass is 16.2. The van der Waals surface area contributed by atoms with Crippen LogP contribution in [0.3, 0.4) is 0 Å². The molecule has 26 heavy (non-hydrogen) atoms. The Morgan fingerprint density at radius 2 is 1.81 bits per heavy atom. The fraction of sp³-hybridized carbons (Fsp3) is 0.600. The molecule has 4 N–H and O–H groups in total. The Balaban J connectivity index is 1.57. The molecule has 1 heterocycles. The average Bonchev–Trinajstić information content (AvgIpc) is 3.17. The maximum absolute atomic E-state index is 12.5. The summed E-state index contributed by atoms with van der Waals surface area (Å²) in [6, 6.07) is 7.25. The molecule has 3 rings (SSSR count). The van der Waals surface area contributed by atoms with Crippen LogP contribution >= 0.6 is 0 Å². The molecule has 0 bridgehead atoms. The van der Waals surface area contributed by atoms with E-state index in [0.717, 1.165) is 43.7 Å². The van der Waals surface area contributed by atoms with Crippen molar-refractivity contribution in [1.29, 1.82) is 0 Å². The van der Waals surface area contributed by atoms with Crippen molar-refractivity contribution < 1.29 is 9.59 Å². The number of carbonyl (C=O) groups is 2. The van der Waals surface area contributed by atoms with Gasteiger partial charge in [-0.3, -0.25) is 9.59 Å². The normalized spacial score (nSPS) is 20.5. The third-order valence-electron chi connectivity index (χ3n) is 5.52. The van der Waals surface area contributed by atoms with Crippen LogP contribution in [0, 0.1) is 0 Å². The zero-order valence-corrected chi connectivity index (χ0v) is 15.6. The van der Waals surface area contributed by atoms with Gasteiger partial charge in [0.15, 0.2) is 0 Å². The molecule has 1 aromatic rings. The molecule has 142 valence electrons. The van der Waals surface area contributed by atoms with Gasteiger partial charge in [-0.25, -0.2) is 0 Å². The molecular formula is C20H30N4O2. The topological polar surface area (TPSA) is 87.5 Å². The summed E-state index contributed by atoms with van der Waals surface area (Å²) in [5.41, 5.74) is 7.29. The molecule has 1 aliphatic carbocycles. The zero-order chi connectivity index (χ0) is 18.6. The van der Waals surface area contributed by atoms with Gasteiger partial charge >= 0.3 is 0 Å². The highest BCUT2D eigenvalue weighted by molar-refractivity contribution is 5.98. The number of nitrogens with zero attached hydrogens (tertiary/aromatic N) is 1. The van der Waals surface area contributed by atoms with Crippen LogP contribution in [0.15, 0.2) is 24.3 Å². The van der Waals surface area contributed by atoms with E-state index in [2.05, 4.69) is 21.6 Å². The lowest BCUT2D eigenvalue weighted by molar-refractivity contribution is -0.131. The van der Waals surface area contributed by atoms with Crippen molar-refractivity contribution in [3.63, 3.8) is 0 Å². The molecule has 1 saturated heterocycles. The van der Waals surface area contributed by atoms with Crippen LogP contribution in [-0.4, -0.2) is 36.5 Å². The molecule has 6 nitrogen and oxygen atoms in total. The van der Waals surface area contributed by atoms with Crippen molar-refractivity contribution >= 4 is 23.2 Å². The minimum Gasteiger partial charge on any atom is -0.371 e. The van der Waals surface area contributed by atoms with Gasteiger partial charge in [0.2, 0.25) is 11.8 Å². The number of hydrogen-bond donors (Lipinski definition) is 3. The summed E-state index contributed by atoms with van der Waals surface area (Å²) in [6.07, 6.45) is 6.84. The molecule has 1 unspecified atom stereocenters. The summed E-state index contributed by atoms with van der Waals surface area (Å²) < 4.78 is 0. The van der Waals surface area contributed by atoms with Gasteiger partial charge in [0, 0.05) is 24.5 Å². The first kappa shape index (κ1) is 18.7. The number of amides is 2. The quantitative estimate of drug-likeness (QED) is 0.754. The number of nitrogens with two attached hydrogens (primary N) is 1. The molecule has 0 radical (unpaired) electrons. The van der Waals surface area contributed by atoms with E-state index in [1.54, 1.807) is 6.92 Å². The average molecular weight is 358 g/mol. The number of rotatable bonds is 5.